The van der Waals surface area contributed by atoms with Gasteiger partial charge in [-0.2, -0.15) is 0 Å². The molecule has 2 unspecified atom stereocenters. The molecule has 2 rings (SSSR count). The summed E-state index contributed by atoms with van der Waals surface area (Å²) < 4.78 is 34.0. The minimum Gasteiger partial charge on any atom is -0.772 e. The van der Waals surface area contributed by atoms with Gasteiger partial charge in [0.05, 0.1) is 11.2 Å². The molecule has 2 N–H and O–H groups in total. The van der Waals surface area contributed by atoms with Crippen LogP contribution in [0.4, 0.5) is 5.69 Å². The van der Waals surface area contributed by atoms with Gasteiger partial charge in [0.15, 0.2) is 0 Å². The molecular formula is C15H23BNO4S-. The summed E-state index contributed by atoms with van der Waals surface area (Å²) in [6.07, 6.45) is 0.433. The van der Waals surface area contributed by atoms with Crippen molar-refractivity contribution in [1.82, 2.24) is 0 Å². The first-order valence-electron chi connectivity index (χ1n) is 7.35. The van der Waals surface area contributed by atoms with Crippen molar-refractivity contribution in [3.05, 3.63) is 23.8 Å². The predicted octanol–water partition coefficient (Wildman–Crippen LogP) is 1.38. The van der Waals surface area contributed by atoms with Gasteiger partial charge in [0.2, 0.25) is 0 Å². The first-order chi connectivity index (χ1) is 10.0. The van der Waals surface area contributed by atoms with E-state index in [9.17, 15) is 8.76 Å². The molecule has 122 valence electrons. The number of hydrogen-bond acceptors (Lipinski definition) is 5. The summed E-state index contributed by atoms with van der Waals surface area (Å²) in [4.78, 5) is 0. The highest BCUT2D eigenvalue weighted by molar-refractivity contribution is 7.79. The van der Waals surface area contributed by atoms with Gasteiger partial charge in [-0.3, -0.25) is 4.21 Å². The Morgan fingerprint density at radius 2 is 1.82 bits per heavy atom. The fourth-order valence-corrected chi connectivity index (χ4v) is 2.65. The molecule has 0 aromatic heterocycles. The van der Waals surface area contributed by atoms with Gasteiger partial charge in [-0.25, -0.2) is 0 Å². The predicted molar refractivity (Wildman–Crippen MR) is 88.7 cm³/mol. The van der Waals surface area contributed by atoms with Gasteiger partial charge >= 0.3 is 7.12 Å². The minimum absolute atomic E-state index is 0.433. The van der Waals surface area contributed by atoms with Crippen LogP contribution >= 0.6 is 0 Å². The molecule has 1 aromatic rings. The first-order valence-corrected chi connectivity index (χ1v) is 8.49. The molecule has 0 aliphatic carbocycles. The Bertz CT molecular complexity index is 575. The molecule has 1 heterocycles. The maximum absolute atomic E-state index is 11.0. The zero-order valence-electron chi connectivity index (χ0n) is 13.7. The molecule has 1 fully saturated rings. The molecule has 22 heavy (non-hydrogen) atoms. The Morgan fingerprint density at radius 3 is 2.32 bits per heavy atom. The van der Waals surface area contributed by atoms with E-state index in [1.165, 1.54) is 0 Å². The number of hydrogen-bond donors (Lipinski definition) is 1. The fraction of sp³-hybridized carbons (Fsp3) is 0.600. The van der Waals surface area contributed by atoms with Crippen molar-refractivity contribution in [2.75, 3.05) is 5.73 Å². The summed E-state index contributed by atoms with van der Waals surface area (Å²) in [5.74, 6) is 0. The number of rotatable bonds is 4. The summed E-state index contributed by atoms with van der Waals surface area (Å²) in [5, 5.41) is -0.449. The van der Waals surface area contributed by atoms with Crippen LogP contribution in [0.2, 0.25) is 0 Å². The molecule has 1 saturated heterocycles. The van der Waals surface area contributed by atoms with Crippen LogP contribution in [0, 0.1) is 0 Å². The Hall–Kier alpha value is -0.885. The molecule has 1 aromatic carbocycles. The molecular weight excluding hydrogens is 301 g/mol. The average molecular weight is 324 g/mol. The normalized spacial score (nSPS) is 22.5. The topological polar surface area (TPSA) is 84.6 Å². The van der Waals surface area contributed by atoms with Crippen LogP contribution in [-0.2, 0) is 26.8 Å². The third kappa shape index (κ3) is 3.37. The highest BCUT2D eigenvalue weighted by Gasteiger charge is 2.52. The van der Waals surface area contributed by atoms with E-state index in [-0.39, 0.29) is 0 Å². The van der Waals surface area contributed by atoms with Gasteiger partial charge in [0, 0.05) is 16.4 Å². The van der Waals surface area contributed by atoms with E-state index in [0.717, 1.165) is 11.0 Å². The second kappa shape index (κ2) is 5.96. The Morgan fingerprint density at radius 1 is 1.27 bits per heavy atom. The SMILES string of the molecule is CC(Cc1ccc(N)c(B2OC(C)(C)C(C)(C)O2)c1)S(=O)[O-]. The molecule has 1 aliphatic heterocycles. The number of anilines is 1. The zero-order valence-corrected chi connectivity index (χ0v) is 14.5. The summed E-state index contributed by atoms with van der Waals surface area (Å²) in [7, 11) is -0.544. The van der Waals surface area contributed by atoms with Gasteiger partial charge in [-0.1, -0.05) is 30.1 Å². The number of benzene rings is 1. The van der Waals surface area contributed by atoms with Crippen molar-refractivity contribution >= 4 is 29.3 Å². The van der Waals surface area contributed by atoms with Gasteiger partial charge in [0.1, 0.15) is 0 Å². The molecule has 5 nitrogen and oxygen atoms in total. The molecule has 1 aliphatic rings. The van der Waals surface area contributed by atoms with Gasteiger partial charge < -0.3 is 19.6 Å². The van der Waals surface area contributed by atoms with E-state index in [1.54, 1.807) is 13.0 Å². The quantitative estimate of drug-likeness (QED) is 0.514. The van der Waals surface area contributed by atoms with E-state index in [0.29, 0.717) is 12.1 Å². The van der Waals surface area contributed by atoms with E-state index in [2.05, 4.69) is 0 Å². The number of nitrogens with two attached hydrogens (primary N) is 1. The second-order valence-corrected chi connectivity index (χ2v) is 8.15. The molecule has 2 atom stereocenters. The lowest BCUT2D eigenvalue weighted by Gasteiger charge is -2.32. The van der Waals surface area contributed by atoms with E-state index >= 15 is 0 Å². The third-order valence-corrected chi connectivity index (χ3v) is 5.33. The van der Waals surface area contributed by atoms with Crippen LogP contribution in [0.25, 0.3) is 0 Å². The van der Waals surface area contributed by atoms with Crippen LogP contribution in [0.3, 0.4) is 0 Å². The lowest BCUT2D eigenvalue weighted by molar-refractivity contribution is 0.00578. The zero-order chi connectivity index (χ0) is 16.7. The van der Waals surface area contributed by atoms with Gasteiger partial charge in [0.25, 0.3) is 0 Å². The van der Waals surface area contributed by atoms with E-state index in [4.69, 9.17) is 15.0 Å². The summed E-state index contributed by atoms with van der Waals surface area (Å²) in [6.45, 7) is 9.60. The monoisotopic (exact) mass is 324 g/mol. The van der Waals surface area contributed by atoms with Crippen molar-refractivity contribution in [2.45, 2.75) is 57.5 Å². The fourth-order valence-electron chi connectivity index (χ4n) is 2.33. The Kier molecular flexibility index (Phi) is 4.73. The number of nitrogen functional groups attached to an aromatic ring is 1. The van der Waals surface area contributed by atoms with Crippen molar-refractivity contribution < 1.29 is 18.1 Å². The second-order valence-electron chi connectivity index (χ2n) is 6.83. The summed E-state index contributed by atoms with van der Waals surface area (Å²) >= 11 is -2.09. The minimum atomic E-state index is -2.09. The summed E-state index contributed by atoms with van der Waals surface area (Å²) in [6, 6.07) is 5.49. The van der Waals surface area contributed by atoms with Crippen molar-refractivity contribution in [2.24, 2.45) is 0 Å². The summed E-state index contributed by atoms with van der Waals surface area (Å²) in [5.41, 5.74) is 7.40. The van der Waals surface area contributed by atoms with E-state index < -0.39 is 34.7 Å². The average Bonchev–Trinajstić information content (AvgIpc) is 2.60. The maximum Gasteiger partial charge on any atom is 0.496 e. The van der Waals surface area contributed by atoms with Gasteiger partial charge in [-0.15, -0.1) is 0 Å². The Balaban J connectivity index is 2.27. The van der Waals surface area contributed by atoms with Crippen molar-refractivity contribution in [1.29, 1.82) is 0 Å². The first kappa shape index (κ1) is 17.5. The van der Waals surface area contributed by atoms with Crippen LogP contribution in [0.15, 0.2) is 18.2 Å². The highest BCUT2D eigenvalue weighted by Crippen LogP contribution is 2.36. The van der Waals surface area contributed by atoms with Crippen molar-refractivity contribution in [3.63, 3.8) is 0 Å². The highest BCUT2D eigenvalue weighted by atomic mass is 32.2. The standard InChI is InChI=1S/C15H24BNO4S/c1-10(22(18)19)8-11-6-7-13(17)12(9-11)16-20-14(2,3)15(4,5)21-16/h6-7,9-10H,8,17H2,1-5H3,(H,18,19)/p-1. The molecule has 0 amide bonds. The maximum atomic E-state index is 11.0. The van der Waals surface area contributed by atoms with Gasteiger partial charge in [-0.05, 0) is 45.7 Å². The van der Waals surface area contributed by atoms with Crippen LogP contribution in [-0.4, -0.2) is 32.3 Å². The molecule has 0 radical (unpaired) electrons. The van der Waals surface area contributed by atoms with Crippen LogP contribution < -0.4 is 11.2 Å². The lowest BCUT2D eigenvalue weighted by atomic mass is 9.77. The van der Waals surface area contributed by atoms with Crippen LogP contribution in [0.5, 0.6) is 0 Å². The third-order valence-electron chi connectivity index (χ3n) is 4.51. The molecule has 0 bridgehead atoms. The lowest BCUT2D eigenvalue weighted by Crippen LogP contribution is -2.41. The molecule has 7 heteroatoms. The largest absolute Gasteiger partial charge is 0.772 e. The Labute approximate surface area is 135 Å². The molecule has 0 saturated carbocycles. The smallest absolute Gasteiger partial charge is 0.496 e. The van der Waals surface area contributed by atoms with Crippen molar-refractivity contribution in [3.8, 4) is 0 Å². The molecule has 0 spiro atoms. The van der Waals surface area contributed by atoms with Crippen LogP contribution in [0.1, 0.15) is 40.2 Å². The van der Waals surface area contributed by atoms with E-state index in [1.807, 2.05) is 39.8 Å².